The number of aryl methyl sites for hydroxylation is 1. The molecule has 1 rings (SSSR count). The lowest BCUT2D eigenvalue weighted by Gasteiger charge is -2.20. The molecule has 0 aromatic heterocycles. The maximum absolute atomic E-state index is 6.20. The van der Waals surface area contributed by atoms with Gasteiger partial charge in [-0.1, -0.05) is 44.4 Å². The van der Waals surface area contributed by atoms with Crippen molar-refractivity contribution >= 4 is 11.8 Å². The van der Waals surface area contributed by atoms with E-state index in [-0.39, 0.29) is 0 Å². The van der Waals surface area contributed by atoms with Gasteiger partial charge in [-0.05, 0) is 25.0 Å². The van der Waals surface area contributed by atoms with Crippen LogP contribution in [0.4, 0.5) is 0 Å². The van der Waals surface area contributed by atoms with Crippen molar-refractivity contribution in [1.29, 1.82) is 0 Å². The highest BCUT2D eigenvalue weighted by molar-refractivity contribution is 7.99. The van der Waals surface area contributed by atoms with Crippen LogP contribution in [0.2, 0.25) is 0 Å². The van der Waals surface area contributed by atoms with Crippen molar-refractivity contribution in [3.63, 3.8) is 0 Å². The van der Waals surface area contributed by atoms with Crippen LogP contribution in [-0.4, -0.2) is 11.8 Å². The van der Waals surface area contributed by atoms with Crippen molar-refractivity contribution < 1.29 is 0 Å². The average Bonchev–Trinajstić information content (AvgIpc) is 2.30. The summed E-state index contributed by atoms with van der Waals surface area (Å²) in [4.78, 5) is 1.33. The van der Waals surface area contributed by atoms with Gasteiger partial charge in [0.2, 0.25) is 0 Å². The minimum atomic E-state index is 0.321. The maximum Gasteiger partial charge on any atom is 0.0162 e. The number of hydrogen-bond acceptors (Lipinski definition) is 2. The standard InChI is InChI=1S/C14H23NS/c1-4-12(5-2)14(15)10-16-13-8-6-11(3)7-9-13/h6-9,12,14H,4-5,10,15H2,1-3H3. The van der Waals surface area contributed by atoms with E-state index in [4.69, 9.17) is 5.73 Å². The van der Waals surface area contributed by atoms with Crippen LogP contribution in [0.25, 0.3) is 0 Å². The number of nitrogens with two attached hydrogens (primary N) is 1. The number of benzene rings is 1. The molecule has 0 fully saturated rings. The first-order chi connectivity index (χ1) is 7.67. The molecule has 1 aromatic rings. The predicted octanol–water partition coefficient (Wildman–Crippen LogP) is 3.85. The SMILES string of the molecule is CCC(CC)C(N)CSc1ccc(C)cc1. The van der Waals surface area contributed by atoms with Gasteiger partial charge in [-0.15, -0.1) is 11.8 Å². The van der Waals surface area contributed by atoms with Gasteiger partial charge in [0.05, 0.1) is 0 Å². The minimum absolute atomic E-state index is 0.321. The summed E-state index contributed by atoms with van der Waals surface area (Å²) in [6, 6.07) is 9.00. The van der Waals surface area contributed by atoms with E-state index in [2.05, 4.69) is 45.0 Å². The van der Waals surface area contributed by atoms with Gasteiger partial charge >= 0.3 is 0 Å². The van der Waals surface area contributed by atoms with E-state index in [9.17, 15) is 0 Å². The molecular weight excluding hydrogens is 214 g/mol. The van der Waals surface area contributed by atoms with Crippen LogP contribution in [-0.2, 0) is 0 Å². The molecule has 0 radical (unpaired) electrons. The lowest BCUT2D eigenvalue weighted by Crippen LogP contribution is -2.31. The lowest BCUT2D eigenvalue weighted by molar-refractivity contribution is 0.422. The molecule has 0 aliphatic carbocycles. The van der Waals surface area contributed by atoms with Crippen molar-refractivity contribution in [3.8, 4) is 0 Å². The van der Waals surface area contributed by atoms with Crippen LogP contribution in [0.1, 0.15) is 32.3 Å². The molecule has 0 heterocycles. The summed E-state index contributed by atoms with van der Waals surface area (Å²) in [5.74, 6) is 1.69. The Hall–Kier alpha value is -0.470. The van der Waals surface area contributed by atoms with Crippen LogP contribution in [0.3, 0.4) is 0 Å². The van der Waals surface area contributed by atoms with Gasteiger partial charge < -0.3 is 5.73 Å². The Morgan fingerprint density at radius 2 is 1.69 bits per heavy atom. The third kappa shape index (κ3) is 4.18. The predicted molar refractivity (Wildman–Crippen MR) is 74.0 cm³/mol. The largest absolute Gasteiger partial charge is 0.327 e. The summed E-state index contributed by atoms with van der Waals surface area (Å²) < 4.78 is 0. The zero-order chi connectivity index (χ0) is 12.0. The van der Waals surface area contributed by atoms with E-state index >= 15 is 0 Å². The molecule has 1 nitrogen and oxygen atoms in total. The molecule has 0 spiro atoms. The summed E-state index contributed by atoms with van der Waals surface area (Å²) in [5.41, 5.74) is 7.51. The Bertz CT molecular complexity index is 290. The Kier molecular flexibility index (Phi) is 5.93. The molecule has 90 valence electrons. The second kappa shape index (κ2) is 6.97. The van der Waals surface area contributed by atoms with E-state index in [1.54, 1.807) is 0 Å². The molecule has 0 saturated carbocycles. The van der Waals surface area contributed by atoms with Crippen molar-refractivity contribution in [2.45, 2.75) is 44.6 Å². The van der Waals surface area contributed by atoms with Crippen LogP contribution in [0.15, 0.2) is 29.2 Å². The zero-order valence-corrected chi connectivity index (χ0v) is 11.4. The highest BCUT2D eigenvalue weighted by Crippen LogP contribution is 2.22. The van der Waals surface area contributed by atoms with Gasteiger partial charge in [-0.25, -0.2) is 0 Å². The molecule has 0 saturated heterocycles. The van der Waals surface area contributed by atoms with Gasteiger partial charge in [-0.2, -0.15) is 0 Å². The van der Waals surface area contributed by atoms with Crippen molar-refractivity contribution in [3.05, 3.63) is 29.8 Å². The molecule has 0 aliphatic rings. The highest BCUT2D eigenvalue weighted by atomic mass is 32.2. The Labute approximate surface area is 104 Å². The Morgan fingerprint density at radius 1 is 1.12 bits per heavy atom. The highest BCUT2D eigenvalue weighted by Gasteiger charge is 2.13. The first-order valence-corrected chi connectivity index (χ1v) is 7.11. The topological polar surface area (TPSA) is 26.0 Å². The molecule has 2 heteroatoms. The van der Waals surface area contributed by atoms with E-state index in [1.807, 2.05) is 11.8 Å². The number of rotatable bonds is 6. The van der Waals surface area contributed by atoms with Crippen LogP contribution in [0, 0.1) is 12.8 Å². The maximum atomic E-state index is 6.20. The van der Waals surface area contributed by atoms with Gasteiger partial charge in [0.1, 0.15) is 0 Å². The van der Waals surface area contributed by atoms with Crippen LogP contribution in [0.5, 0.6) is 0 Å². The molecule has 0 aliphatic heterocycles. The Balaban J connectivity index is 2.42. The quantitative estimate of drug-likeness (QED) is 0.761. The summed E-state index contributed by atoms with van der Waals surface area (Å²) in [6.07, 6.45) is 2.37. The molecule has 1 aromatic carbocycles. The van der Waals surface area contributed by atoms with E-state index in [0.29, 0.717) is 12.0 Å². The summed E-state index contributed by atoms with van der Waals surface area (Å²) in [6.45, 7) is 6.57. The molecule has 0 amide bonds. The number of hydrogen-bond donors (Lipinski definition) is 1. The summed E-state index contributed by atoms with van der Waals surface area (Å²) in [7, 11) is 0. The lowest BCUT2D eigenvalue weighted by atomic mass is 9.96. The number of thioether (sulfide) groups is 1. The molecule has 16 heavy (non-hydrogen) atoms. The first-order valence-electron chi connectivity index (χ1n) is 6.12. The zero-order valence-electron chi connectivity index (χ0n) is 10.6. The van der Waals surface area contributed by atoms with Crippen LogP contribution < -0.4 is 5.73 Å². The van der Waals surface area contributed by atoms with E-state index in [0.717, 1.165) is 5.75 Å². The van der Waals surface area contributed by atoms with E-state index in [1.165, 1.54) is 23.3 Å². The third-order valence-corrected chi connectivity index (χ3v) is 4.27. The van der Waals surface area contributed by atoms with Crippen molar-refractivity contribution in [1.82, 2.24) is 0 Å². The fraction of sp³-hybridized carbons (Fsp3) is 0.571. The molecule has 1 unspecified atom stereocenters. The Morgan fingerprint density at radius 3 is 2.19 bits per heavy atom. The summed E-state index contributed by atoms with van der Waals surface area (Å²) >= 11 is 1.87. The molecular formula is C14H23NS. The second-order valence-electron chi connectivity index (χ2n) is 4.36. The van der Waals surface area contributed by atoms with Gasteiger partial charge in [0.25, 0.3) is 0 Å². The third-order valence-electron chi connectivity index (χ3n) is 3.12. The second-order valence-corrected chi connectivity index (χ2v) is 5.46. The van der Waals surface area contributed by atoms with Gasteiger partial charge in [0, 0.05) is 16.7 Å². The van der Waals surface area contributed by atoms with Crippen molar-refractivity contribution in [2.75, 3.05) is 5.75 Å². The fourth-order valence-corrected chi connectivity index (χ4v) is 2.84. The van der Waals surface area contributed by atoms with Gasteiger partial charge in [0.15, 0.2) is 0 Å². The molecule has 0 bridgehead atoms. The minimum Gasteiger partial charge on any atom is -0.327 e. The first kappa shape index (κ1) is 13.6. The van der Waals surface area contributed by atoms with Crippen molar-refractivity contribution in [2.24, 2.45) is 11.7 Å². The molecule has 2 N–H and O–H groups in total. The monoisotopic (exact) mass is 237 g/mol. The average molecular weight is 237 g/mol. The fourth-order valence-electron chi connectivity index (χ4n) is 1.86. The smallest absolute Gasteiger partial charge is 0.0162 e. The van der Waals surface area contributed by atoms with Gasteiger partial charge in [-0.3, -0.25) is 0 Å². The van der Waals surface area contributed by atoms with Crippen LogP contribution >= 0.6 is 11.8 Å². The normalized spacial score (nSPS) is 13.1. The summed E-state index contributed by atoms with van der Waals surface area (Å²) in [5, 5.41) is 0. The van der Waals surface area contributed by atoms with E-state index < -0.39 is 0 Å². The molecule has 1 atom stereocenters.